The Kier molecular flexibility index (Phi) is 8.49. The molecule has 0 fully saturated rings. The fourth-order valence-electron chi connectivity index (χ4n) is 2.95. The Bertz CT molecular complexity index is 1180. The number of carboxylic acid groups (broad SMARTS) is 1. The van der Waals surface area contributed by atoms with Crippen LogP contribution in [0.2, 0.25) is 0 Å². The van der Waals surface area contributed by atoms with Crippen LogP contribution in [0.3, 0.4) is 0 Å². The van der Waals surface area contributed by atoms with E-state index < -0.39 is 16.0 Å². The molecular weight excluding hydrogens is 442 g/mol. The molecule has 0 amide bonds. The van der Waals surface area contributed by atoms with Crippen LogP contribution in [0.5, 0.6) is 11.5 Å². The van der Waals surface area contributed by atoms with Crippen molar-refractivity contribution in [1.82, 2.24) is 0 Å². The van der Waals surface area contributed by atoms with Crippen LogP contribution in [0.15, 0.2) is 84.3 Å². The van der Waals surface area contributed by atoms with E-state index in [1.807, 2.05) is 48.5 Å². The average Bonchev–Trinajstić information content (AvgIpc) is 2.81. The molecule has 2 N–H and O–H groups in total. The molecule has 3 aromatic rings. The summed E-state index contributed by atoms with van der Waals surface area (Å²) in [6.07, 6.45) is 1.96. The van der Waals surface area contributed by atoms with E-state index in [2.05, 4.69) is 4.72 Å². The third-order valence-corrected chi connectivity index (χ3v) is 5.56. The largest absolute Gasteiger partial charge is 0.490 e. The number of para-hydroxylation sites is 1. The van der Waals surface area contributed by atoms with Gasteiger partial charge in [0.05, 0.1) is 5.41 Å². The predicted octanol–water partition coefficient (Wildman–Crippen LogP) is 4.57. The third kappa shape index (κ3) is 8.34. The molecule has 0 atom stereocenters. The summed E-state index contributed by atoms with van der Waals surface area (Å²) in [5.41, 5.74) is 2.04. The minimum absolute atomic E-state index is 0.0367. The molecular formula is C25H25NO6S. The number of sulfonamides is 1. The van der Waals surface area contributed by atoms with Crippen LogP contribution in [0.4, 0.5) is 5.69 Å². The number of hydrogen-bond donors (Lipinski definition) is 2. The molecule has 0 unspecified atom stereocenters. The monoisotopic (exact) mass is 467 g/mol. The molecule has 8 heteroatoms. The minimum Gasteiger partial charge on any atom is -0.490 e. The molecule has 172 valence electrons. The van der Waals surface area contributed by atoms with E-state index in [0.717, 1.165) is 16.5 Å². The van der Waals surface area contributed by atoms with Crippen LogP contribution in [0.1, 0.15) is 17.5 Å². The summed E-state index contributed by atoms with van der Waals surface area (Å²) >= 11 is 0. The summed E-state index contributed by atoms with van der Waals surface area (Å²) in [4.78, 5) is 10.8. The maximum atomic E-state index is 12.2. The number of nitrogens with one attached hydrogen (secondary N) is 1. The highest BCUT2D eigenvalue weighted by Crippen LogP contribution is 2.20. The molecule has 0 aliphatic carbocycles. The second-order valence-electron chi connectivity index (χ2n) is 7.08. The first kappa shape index (κ1) is 23.9. The summed E-state index contributed by atoms with van der Waals surface area (Å²) in [6, 6.07) is 23.0. The quantitative estimate of drug-likeness (QED) is 0.378. The van der Waals surface area contributed by atoms with Crippen LogP contribution in [-0.4, -0.2) is 32.7 Å². The van der Waals surface area contributed by atoms with Gasteiger partial charge in [0.25, 0.3) is 10.0 Å². The Morgan fingerprint density at radius 1 is 0.879 bits per heavy atom. The Morgan fingerprint density at radius 2 is 1.55 bits per heavy atom. The highest BCUT2D eigenvalue weighted by molar-refractivity contribution is 7.95. The molecule has 33 heavy (non-hydrogen) atoms. The van der Waals surface area contributed by atoms with E-state index in [4.69, 9.17) is 14.6 Å². The highest BCUT2D eigenvalue weighted by Gasteiger charge is 2.07. The molecule has 0 radical (unpaired) electrons. The van der Waals surface area contributed by atoms with Gasteiger partial charge in [0, 0.05) is 12.1 Å². The summed E-state index contributed by atoms with van der Waals surface area (Å²) in [6.45, 7) is 0.556. The molecule has 7 nitrogen and oxygen atoms in total. The number of benzene rings is 3. The van der Waals surface area contributed by atoms with Gasteiger partial charge in [-0.05, 0) is 54.0 Å². The van der Waals surface area contributed by atoms with E-state index in [1.54, 1.807) is 30.3 Å². The zero-order valence-corrected chi connectivity index (χ0v) is 18.7. The first-order valence-corrected chi connectivity index (χ1v) is 11.9. The zero-order valence-electron chi connectivity index (χ0n) is 17.9. The number of carboxylic acids is 1. The normalized spacial score (nSPS) is 11.3. The third-order valence-electron chi connectivity index (χ3n) is 4.54. The summed E-state index contributed by atoms with van der Waals surface area (Å²) in [7, 11) is -3.64. The lowest BCUT2D eigenvalue weighted by atomic mass is 10.1. The lowest BCUT2D eigenvalue weighted by Gasteiger charge is -2.12. The Morgan fingerprint density at radius 3 is 2.27 bits per heavy atom. The van der Waals surface area contributed by atoms with Crippen molar-refractivity contribution in [3.63, 3.8) is 0 Å². The van der Waals surface area contributed by atoms with Crippen molar-refractivity contribution in [1.29, 1.82) is 0 Å². The molecule has 0 aromatic heterocycles. The SMILES string of the molecule is O=C(O)CCc1ccccc1OCCOc1ccc(NS(=O)(=O)C=Cc2ccccc2)cc1. The van der Waals surface area contributed by atoms with Gasteiger partial charge in [0.2, 0.25) is 0 Å². The van der Waals surface area contributed by atoms with Crippen molar-refractivity contribution in [2.24, 2.45) is 0 Å². The Hall–Kier alpha value is -3.78. The van der Waals surface area contributed by atoms with Crippen molar-refractivity contribution in [2.75, 3.05) is 17.9 Å². The number of ether oxygens (including phenoxy) is 2. The van der Waals surface area contributed by atoms with Gasteiger partial charge in [-0.1, -0.05) is 48.5 Å². The number of carbonyl (C=O) groups is 1. The first-order valence-electron chi connectivity index (χ1n) is 10.3. The Balaban J connectivity index is 1.46. The van der Waals surface area contributed by atoms with Crippen molar-refractivity contribution >= 4 is 27.8 Å². The Labute approximate surface area is 193 Å². The van der Waals surface area contributed by atoms with E-state index in [0.29, 0.717) is 23.6 Å². The summed E-state index contributed by atoms with van der Waals surface area (Å²) < 4.78 is 38.3. The zero-order chi connectivity index (χ0) is 23.5. The number of aliphatic carboxylic acids is 1. The number of rotatable bonds is 12. The van der Waals surface area contributed by atoms with Gasteiger partial charge in [0.15, 0.2) is 0 Å². The van der Waals surface area contributed by atoms with Crippen LogP contribution < -0.4 is 14.2 Å². The van der Waals surface area contributed by atoms with Gasteiger partial charge in [-0.2, -0.15) is 0 Å². The molecule has 0 aliphatic heterocycles. The van der Waals surface area contributed by atoms with E-state index in [-0.39, 0.29) is 19.6 Å². The van der Waals surface area contributed by atoms with E-state index in [1.165, 1.54) is 6.08 Å². The minimum atomic E-state index is -3.64. The van der Waals surface area contributed by atoms with Crippen molar-refractivity contribution in [2.45, 2.75) is 12.8 Å². The number of hydrogen-bond acceptors (Lipinski definition) is 5. The van der Waals surface area contributed by atoms with Crippen LogP contribution in [0.25, 0.3) is 6.08 Å². The lowest BCUT2D eigenvalue weighted by molar-refractivity contribution is -0.136. The number of anilines is 1. The predicted molar refractivity (Wildman–Crippen MR) is 128 cm³/mol. The van der Waals surface area contributed by atoms with Crippen molar-refractivity contribution in [3.05, 3.63) is 95.4 Å². The fourth-order valence-corrected chi connectivity index (χ4v) is 3.82. The highest BCUT2D eigenvalue weighted by atomic mass is 32.2. The number of aryl methyl sites for hydroxylation is 1. The van der Waals surface area contributed by atoms with Crippen molar-refractivity contribution < 1.29 is 27.8 Å². The van der Waals surface area contributed by atoms with Crippen molar-refractivity contribution in [3.8, 4) is 11.5 Å². The smallest absolute Gasteiger partial charge is 0.303 e. The molecule has 0 saturated carbocycles. The standard InChI is InChI=1S/C25H25NO6S/c27-25(28)15-10-21-8-4-5-9-24(21)32-18-17-31-23-13-11-22(12-14-23)26-33(29,30)19-16-20-6-2-1-3-7-20/h1-9,11-14,16,19,26H,10,15,17-18H2,(H,27,28). The molecule has 0 bridgehead atoms. The van der Waals surface area contributed by atoms with Gasteiger partial charge >= 0.3 is 5.97 Å². The van der Waals surface area contributed by atoms with Gasteiger partial charge in [-0.15, -0.1) is 0 Å². The maximum Gasteiger partial charge on any atom is 0.303 e. The first-order chi connectivity index (χ1) is 15.9. The lowest BCUT2D eigenvalue weighted by Crippen LogP contribution is -2.11. The average molecular weight is 468 g/mol. The molecule has 3 rings (SSSR count). The maximum absolute atomic E-state index is 12.2. The second-order valence-corrected chi connectivity index (χ2v) is 8.65. The molecule has 3 aromatic carbocycles. The topological polar surface area (TPSA) is 102 Å². The van der Waals surface area contributed by atoms with Gasteiger partial charge < -0.3 is 14.6 Å². The van der Waals surface area contributed by atoms with Crippen LogP contribution in [0, 0.1) is 0 Å². The van der Waals surface area contributed by atoms with Crippen LogP contribution >= 0.6 is 0 Å². The van der Waals surface area contributed by atoms with Gasteiger partial charge in [0.1, 0.15) is 24.7 Å². The molecule has 0 spiro atoms. The fraction of sp³-hybridized carbons (Fsp3) is 0.160. The molecule has 0 saturated heterocycles. The summed E-state index contributed by atoms with van der Waals surface area (Å²) in [5.74, 6) is 0.349. The summed E-state index contributed by atoms with van der Waals surface area (Å²) in [5, 5.41) is 9.98. The van der Waals surface area contributed by atoms with Gasteiger partial charge in [-0.25, -0.2) is 8.42 Å². The molecule has 0 aliphatic rings. The van der Waals surface area contributed by atoms with Crippen LogP contribution in [-0.2, 0) is 21.2 Å². The van der Waals surface area contributed by atoms with E-state index >= 15 is 0 Å². The van der Waals surface area contributed by atoms with Gasteiger partial charge in [-0.3, -0.25) is 9.52 Å². The molecule has 0 heterocycles. The second kappa shape index (κ2) is 11.7. The van der Waals surface area contributed by atoms with E-state index in [9.17, 15) is 13.2 Å².